The maximum Gasteiger partial charge on any atom is 0.305 e. The molecule has 0 aliphatic carbocycles. The Hall–Kier alpha value is -1.66. The van der Waals surface area contributed by atoms with Crippen molar-refractivity contribution in [3.05, 3.63) is 24.3 Å². The van der Waals surface area contributed by atoms with Crippen LogP contribution in [0.1, 0.15) is 380 Å². The van der Waals surface area contributed by atoms with Gasteiger partial charge in [0.25, 0.3) is 0 Å². The summed E-state index contributed by atoms with van der Waals surface area (Å²) in [5, 5.41) is 23.2. The molecule has 444 valence electrons. The molecular formula is C69H133NO5. The first kappa shape index (κ1) is 73.3. The van der Waals surface area contributed by atoms with Crippen LogP contribution in [0, 0.1) is 0 Å². The van der Waals surface area contributed by atoms with E-state index in [0.717, 1.165) is 44.9 Å². The van der Waals surface area contributed by atoms with Gasteiger partial charge in [0.2, 0.25) is 5.91 Å². The van der Waals surface area contributed by atoms with Crippen LogP contribution in [0.4, 0.5) is 0 Å². The van der Waals surface area contributed by atoms with Gasteiger partial charge in [-0.1, -0.05) is 334 Å². The molecule has 0 aromatic carbocycles. The maximum atomic E-state index is 12.5. The number of ether oxygens (including phenoxy) is 1. The maximum absolute atomic E-state index is 12.5. The van der Waals surface area contributed by atoms with Gasteiger partial charge < -0.3 is 20.3 Å². The Morgan fingerprint density at radius 2 is 0.627 bits per heavy atom. The van der Waals surface area contributed by atoms with E-state index in [2.05, 4.69) is 31.3 Å². The standard InChI is InChI=1S/C69H133NO5/c1-3-5-7-9-11-13-15-17-19-21-23-24-25-26-29-33-37-41-45-49-53-57-61-67(72)66(65-71)70-68(73)62-58-54-50-46-42-38-34-30-27-28-32-36-40-44-48-52-56-60-64-75-69(74)63-59-55-51-47-43-39-35-31-22-20-18-16-14-12-10-8-6-4-2/h20,22,57,61,66-67,71-72H,3-19,21,23-56,58-60,62-65H2,1-2H3,(H,70,73)/b22-20-,61-57+. The molecule has 0 aliphatic heterocycles. The van der Waals surface area contributed by atoms with Gasteiger partial charge in [0.1, 0.15) is 0 Å². The van der Waals surface area contributed by atoms with Crippen LogP contribution in [-0.2, 0) is 14.3 Å². The monoisotopic (exact) mass is 1060 g/mol. The molecule has 6 heteroatoms. The summed E-state index contributed by atoms with van der Waals surface area (Å²) in [6.45, 7) is 4.93. The summed E-state index contributed by atoms with van der Waals surface area (Å²) >= 11 is 0. The van der Waals surface area contributed by atoms with E-state index >= 15 is 0 Å². The first-order valence-electron chi connectivity index (χ1n) is 34.1. The lowest BCUT2D eigenvalue weighted by Crippen LogP contribution is -2.45. The third-order valence-corrected chi connectivity index (χ3v) is 16.0. The Morgan fingerprint density at radius 3 is 0.947 bits per heavy atom. The van der Waals surface area contributed by atoms with Crippen LogP contribution in [0.2, 0.25) is 0 Å². The zero-order valence-electron chi connectivity index (χ0n) is 50.8. The molecule has 0 aromatic rings. The summed E-state index contributed by atoms with van der Waals surface area (Å²) in [6, 6.07) is -0.632. The summed E-state index contributed by atoms with van der Waals surface area (Å²) in [5.41, 5.74) is 0. The van der Waals surface area contributed by atoms with Gasteiger partial charge in [0.05, 0.1) is 25.4 Å². The third-order valence-electron chi connectivity index (χ3n) is 16.0. The highest BCUT2D eigenvalue weighted by Crippen LogP contribution is 2.18. The quantitative estimate of drug-likeness (QED) is 0.0320. The van der Waals surface area contributed by atoms with Crippen LogP contribution in [0.5, 0.6) is 0 Å². The Morgan fingerprint density at radius 1 is 0.360 bits per heavy atom. The fourth-order valence-corrected chi connectivity index (χ4v) is 10.7. The average molecular weight is 1060 g/mol. The third kappa shape index (κ3) is 61.4. The number of allylic oxidation sites excluding steroid dienone is 3. The fraction of sp³-hybridized carbons (Fsp3) is 0.913. The van der Waals surface area contributed by atoms with Crippen LogP contribution < -0.4 is 5.32 Å². The highest BCUT2D eigenvalue weighted by Gasteiger charge is 2.18. The molecule has 0 rings (SSSR count). The number of rotatable bonds is 64. The van der Waals surface area contributed by atoms with E-state index in [1.807, 2.05) is 6.08 Å². The first-order valence-corrected chi connectivity index (χ1v) is 34.1. The van der Waals surface area contributed by atoms with Gasteiger partial charge in [-0.15, -0.1) is 0 Å². The molecule has 6 nitrogen and oxygen atoms in total. The van der Waals surface area contributed by atoms with Gasteiger partial charge in [-0.25, -0.2) is 0 Å². The Balaban J connectivity index is 3.42. The van der Waals surface area contributed by atoms with Gasteiger partial charge >= 0.3 is 5.97 Å². The molecule has 2 atom stereocenters. The molecule has 0 saturated carbocycles. The number of esters is 1. The normalized spacial score (nSPS) is 12.6. The number of hydrogen-bond donors (Lipinski definition) is 3. The fourth-order valence-electron chi connectivity index (χ4n) is 10.7. The van der Waals surface area contributed by atoms with Gasteiger partial charge in [-0.2, -0.15) is 0 Å². The van der Waals surface area contributed by atoms with Crippen molar-refractivity contribution >= 4 is 11.9 Å². The van der Waals surface area contributed by atoms with E-state index < -0.39 is 12.1 Å². The number of aliphatic hydroxyl groups excluding tert-OH is 2. The predicted octanol–water partition coefficient (Wildman–Crippen LogP) is 21.8. The number of hydrogen-bond acceptors (Lipinski definition) is 5. The Kier molecular flexibility index (Phi) is 63.4. The smallest absolute Gasteiger partial charge is 0.305 e. The SMILES string of the molecule is CCCCCCCCC/C=C\CCCCCCCCCC(=O)OCCCCCCCCCCCCCCCCCCCCC(=O)NC(CO)C(O)/C=C/CCCCCCCCCCCCCCCCCCCCCC. The molecule has 1 amide bonds. The molecule has 2 unspecified atom stereocenters. The van der Waals surface area contributed by atoms with Crippen molar-refractivity contribution in [2.24, 2.45) is 0 Å². The molecular weight excluding hydrogens is 923 g/mol. The topological polar surface area (TPSA) is 95.9 Å². The molecule has 0 aliphatic rings. The van der Waals surface area contributed by atoms with Crippen molar-refractivity contribution in [2.75, 3.05) is 13.2 Å². The van der Waals surface area contributed by atoms with Crippen molar-refractivity contribution in [2.45, 2.75) is 392 Å². The second kappa shape index (κ2) is 64.9. The molecule has 0 saturated heterocycles. The predicted molar refractivity (Wildman–Crippen MR) is 329 cm³/mol. The van der Waals surface area contributed by atoms with Crippen LogP contribution in [0.3, 0.4) is 0 Å². The molecule has 0 spiro atoms. The van der Waals surface area contributed by atoms with E-state index in [0.29, 0.717) is 19.4 Å². The lowest BCUT2D eigenvalue weighted by atomic mass is 10.0. The molecule has 0 radical (unpaired) electrons. The lowest BCUT2D eigenvalue weighted by Gasteiger charge is -2.20. The van der Waals surface area contributed by atoms with E-state index in [9.17, 15) is 19.8 Å². The van der Waals surface area contributed by atoms with E-state index in [1.165, 1.54) is 308 Å². The van der Waals surface area contributed by atoms with Crippen molar-refractivity contribution in [3.63, 3.8) is 0 Å². The Labute approximate surface area is 469 Å². The van der Waals surface area contributed by atoms with Gasteiger partial charge in [0.15, 0.2) is 0 Å². The second-order valence-electron chi connectivity index (χ2n) is 23.5. The summed E-state index contributed by atoms with van der Waals surface area (Å²) < 4.78 is 5.50. The van der Waals surface area contributed by atoms with Crippen molar-refractivity contribution in [1.29, 1.82) is 0 Å². The minimum atomic E-state index is -0.848. The zero-order chi connectivity index (χ0) is 54.3. The molecule has 0 aromatic heterocycles. The number of amides is 1. The summed E-state index contributed by atoms with van der Waals surface area (Å²) in [4.78, 5) is 24.6. The number of nitrogens with one attached hydrogen (secondary N) is 1. The highest BCUT2D eigenvalue weighted by atomic mass is 16.5. The molecule has 0 bridgehead atoms. The minimum Gasteiger partial charge on any atom is -0.466 e. The molecule has 3 N–H and O–H groups in total. The van der Waals surface area contributed by atoms with Crippen molar-refractivity contribution in [1.82, 2.24) is 5.32 Å². The van der Waals surface area contributed by atoms with Gasteiger partial charge in [-0.3, -0.25) is 9.59 Å². The first-order chi connectivity index (χ1) is 37.0. The number of unbranched alkanes of at least 4 members (excludes halogenated alkanes) is 51. The second-order valence-corrected chi connectivity index (χ2v) is 23.5. The van der Waals surface area contributed by atoms with Crippen LogP contribution in [-0.4, -0.2) is 47.4 Å². The minimum absolute atomic E-state index is 0.00456. The van der Waals surface area contributed by atoms with Crippen LogP contribution in [0.15, 0.2) is 24.3 Å². The number of carbonyl (C=O) groups is 2. The van der Waals surface area contributed by atoms with Gasteiger partial charge in [0, 0.05) is 12.8 Å². The van der Waals surface area contributed by atoms with Gasteiger partial charge in [-0.05, 0) is 57.8 Å². The largest absolute Gasteiger partial charge is 0.466 e. The van der Waals surface area contributed by atoms with Crippen LogP contribution >= 0.6 is 0 Å². The molecule has 0 heterocycles. The molecule has 0 fully saturated rings. The average Bonchev–Trinajstić information content (AvgIpc) is 3.41. The van der Waals surface area contributed by atoms with Crippen LogP contribution in [0.25, 0.3) is 0 Å². The zero-order valence-corrected chi connectivity index (χ0v) is 50.8. The van der Waals surface area contributed by atoms with E-state index in [4.69, 9.17) is 4.74 Å². The molecule has 75 heavy (non-hydrogen) atoms. The van der Waals surface area contributed by atoms with Crippen molar-refractivity contribution < 1.29 is 24.5 Å². The number of aliphatic hydroxyl groups is 2. The van der Waals surface area contributed by atoms with E-state index in [-0.39, 0.29) is 18.5 Å². The van der Waals surface area contributed by atoms with E-state index in [1.54, 1.807) is 6.08 Å². The lowest BCUT2D eigenvalue weighted by molar-refractivity contribution is -0.143. The highest BCUT2D eigenvalue weighted by molar-refractivity contribution is 5.76. The summed E-state index contributed by atoms with van der Waals surface area (Å²) in [5.74, 6) is -0.0635. The van der Waals surface area contributed by atoms with Crippen molar-refractivity contribution in [3.8, 4) is 0 Å². The summed E-state index contributed by atoms with van der Waals surface area (Å²) in [6.07, 6.45) is 80.9. The Bertz CT molecular complexity index is 1170. The number of carbonyl (C=O) groups excluding carboxylic acids is 2. The summed E-state index contributed by atoms with van der Waals surface area (Å²) in [7, 11) is 0.